The number of aliphatic hydroxyl groups is 1. The molecular weight excluding hydrogens is 190 g/mol. The molecule has 4 heteroatoms. The van der Waals surface area contributed by atoms with Gasteiger partial charge in [-0.15, -0.1) is 0 Å². The molecule has 1 atom stereocenters. The molecule has 0 aliphatic rings. The van der Waals surface area contributed by atoms with E-state index in [2.05, 4.69) is 24.1 Å². The van der Waals surface area contributed by atoms with Crippen LogP contribution in [0.15, 0.2) is 12.4 Å². The van der Waals surface area contributed by atoms with Crippen molar-refractivity contribution < 1.29 is 5.11 Å². The fraction of sp³-hybridized carbons (Fsp3) is 0.727. The van der Waals surface area contributed by atoms with Crippen LogP contribution in [0.4, 0.5) is 0 Å². The van der Waals surface area contributed by atoms with Gasteiger partial charge < -0.3 is 15.0 Å². The summed E-state index contributed by atoms with van der Waals surface area (Å²) in [5.74, 6) is 0.764. The average molecular weight is 211 g/mol. The first-order valence-electron chi connectivity index (χ1n) is 5.69. The van der Waals surface area contributed by atoms with Crippen LogP contribution in [-0.4, -0.2) is 27.7 Å². The Balaban J connectivity index is 2.48. The van der Waals surface area contributed by atoms with Crippen molar-refractivity contribution in [2.24, 2.45) is 0 Å². The van der Waals surface area contributed by atoms with E-state index in [-0.39, 0.29) is 0 Å². The van der Waals surface area contributed by atoms with E-state index in [1.54, 1.807) is 6.20 Å². The molecule has 1 aromatic rings. The highest BCUT2D eigenvalue weighted by Crippen LogP contribution is 2.10. The molecule has 0 amide bonds. The molecule has 86 valence electrons. The number of hydrogen-bond acceptors (Lipinski definition) is 3. The molecule has 4 nitrogen and oxygen atoms in total. The zero-order chi connectivity index (χ0) is 11.1. The van der Waals surface area contributed by atoms with Gasteiger partial charge in [0.2, 0.25) is 0 Å². The Morgan fingerprint density at radius 1 is 1.47 bits per heavy atom. The van der Waals surface area contributed by atoms with Crippen LogP contribution >= 0.6 is 0 Å². The van der Waals surface area contributed by atoms with Crippen molar-refractivity contribution in [2.45, 2.75) is 39.3 Å². The number of imidazole rings is 1. The second kappa shape index (κ2) is 6.58. The number of aryl methyl sites for hydroxylation is 1. The lowest BCUT2D eigenvalue weighted by Crippen LogP contribution is -2.24. The average Bonchev–Trinajstić information content (AvgIpc) is 2.67. The topological polar surface area (TPSA) is 50.1 Å². The molecule has 0 saturated carbocycles. The van der Waals surface area contributed by atoms with Gasteiger partial charge in [-0.3, -0.25) is 0 Å². The maximum absolute atomic E-state index is 9.90. The highest BCUT2D eigenvalue weighted by molar-refractivity contribution is 4.97. The standard InChI is InChI=1S/C11H21N3O/c1-3-5-12-9-10(15)11-13-6-8-14(11)7-4-2/h6,8,10,12,15H,3-5,7,9H2,1-2H3. The first-order chi connectivity index (χ1) is 7.29. The number of aromatic nitrogens is 2. The second-order valence-electron chi connectivity index (χ2n) is 3.70. The lowest BCUT2D eigenvalue weighted by atomic mass is 10.3. The van der Waals surface area contributed by atoms with Gasteiger partial charge in [0, 0.05) is 25.5 Å². The minimum Gasteiger partial charge on any atom is -0.384 e. The Labute approximate surface area is 91.3 Å². The molecule has 0 spiro atoms. The van der Waals surface area contributed by atoms with Crippen molar-refractivity contribution in [1.29, 1.82) is 0 Å². The van der Waals surface area contributed by atoms with Crippen LogP contribution in [0.3, 0.4) is 0 Å². The summed E-state index contributed by atoms with van der Waals surface area (Å²) < 4.78 is 2.01. The van der Waals surface area contributed by atoms with E-state index in [4.69, 9.17) is 0 Å². The van der Waals surface area contributed by atoms with Crippen LogP contribution in [0.2, 0.25) is 0 Å². The molecule has 1 unspecified atom stereocenters. The van der Waals surface area contributed by atoms with Crippen molar-refractivity contribution >= 4 is 0 Å². The number of rotatable bonds is 7. The molecule has 1 rings (SSSR count). The summed E-state index contributed by atoms with van der Waals surface area (Å²) in [6, 6.07) is 0. The van der Waals surface area contributed by atoms with Crippen LogP contribution in [0.1, 0.15) is 38.6 Å². The number of hydrogen-bond donors (Lipinski definition) is 2. The van der Waals surface area contributed by atoms with Gasteiger partial charge in [-0.25, -0.2) is 4.98 Å². The van der Waals surface area contributed by atoms with Crippen molar-refractivity contribution in [3.05, 3.63) is 18.2 Å². The van der Waals surface area contributed by atoms with Gasteiger partial charge in [0.15, 0.2) is 0 Å². The summed E-state index contributed by atoms with van der Waals surface area (Å²) >= 11 is 0. The molecule has 1 aromatic heterocycles. The predicted octanol–water partition coefficient (Wildman–Crippen LogP) is 1.33. The minimum atomic E-state index is -0.502. The van der Waals surface area contributed by atoms with E-state index < -0.39 is 6.10 Å². The summed E-state index contributed by atoms with van der Waals surface area (Å²) in [5.41, 5.74) is 0. The summed E-state index contributed by atoms with van der Waals surface area (Å²) in [6.07, 6.45) is 5.29. The lowest BCUT2D eigenvalue weighted by Gasteiger charge is -2.13. The van der Waals surface area contributed by atoms with Crippen molar-refractivity contribution in [3.63, 3.8) is 0 Å². The SMILES string of the molecule is CCCNCC(O)c1nccn1CCC. The zero-order valence-corrected chi connectivity index (χ0v) is 9.61. The van der Waals surface area contributed by atoms with E-state index >= 15 is 0 Å². The number of aliphatic hydroxyl groups excluding tert-OH is 1. The third-order valence-electron chi connectivity index (χ3n) is 2.27. The summed E-state index contributed by atoms with van der Waals surface area (Å²) in [5, 5.41) is 13.1. The number of nitrogens with zero attached hydrogens (tertiary/aromatic N) is 2. The smallest absolute Gasteiger partial charge is 0.138 e. The monoisotopic (exact) mass is 211 g/mol. The van der Waals surface area contributed by atoms with E-state index in [0.717, 1.165) is 31.8 Å². The normalized spacial score (nSPS) is 13.0. The molecule has 0 radical (unpaired) electrons. The van der Waals surface area contributed by atoms with Crippen LogP contribution in [0, 0.1) is 0 Å². The Morgan fingerprint density at radius 3 is 2.93 bits per heavy atom. The van der Waals surface area contributed by atoms with Crippen LogP contribution in [-0.2, 0) is 6.54 Å². The molecule has 1 heterocycles. The summed E-state index contributed by atoms with van der Waals surface area (Å²) in [4.78, 5) is 4.19. The Bertz CT molecular complexity index is 273. The van der Waals surface area contributed by atoms with Gasteiger partial charge >= 0.3 is 0 Å². The van der Waals surface area contributed by atoms with Crippen molar-refractivity contribution in [2.75, 3.05) is 13.1 Å². The van der Waals surface area contributed by atoms with E-state index in [1.807, 2.05) is 10.8 Å². The first-order valence-corrected chi connectivity index (χ1v) is 5.69. The van der Waals surface area contributed by atoms with E-state index in [1.165, 1.54) is 0 Å². The molecule has 0 saturated heterocycles. The molecular formula is C11H21N3O. The van der Waals surface area contributed by atoms with Gasteiger partial charge in [0.05, 0.1) is 0 Å². The van der Waals surface area contributed by atoms with Crippen LogP contribution < -0.4 is 5.32 Å². The molecule has 0 fully saturated rings. The molecule has 15 heavy (non-hydrogen) atoms. The van der Waals surface area contributed by atoms with Crippen LogP contribution in [0.5, 0.6) is 0 Å². The zero-order valence-electron chi connectivity index (χ0n) is 9.61. The van der Waals surface area contributed by atoms with E-state index in [9.17, 15) is 5.11 Å². The molecule has 0 bridgehead atoms. The lowest BCUT2D eigenvalue weighted by molar-refractivity contribution is 0.160. The Hall–Kier alpha value is -0.870. The Morgan fingerprint density at radius 2 is 2.27 bits per heavy atom. The minimum absolute atomic E-state index is 0.502. The van der Waals surface area contributed by atoms with Gasteiger partial charge in [0.25, 0.3) is 0 Å². The molecule has 0 aliphatic carbocycles. The highest BCUT2D eigenvalue weighted by atomic mass is 16.3. The third-order valence-corrected chi connectivity index (χ3v) is 2.27. The quantitative estimate of drug-likeness (QED) is 0.669. The van der Waals surface area contributed by atoms with Gasteiger partial charge in [-0.1, -0.05) is 13.8 Å². The maximum Gasteiger partial charge on any atom is 0.138 e. The van der Waals surface area contributed by atoms with E-state index in [0.29, 0.717) is 6.54 Å². The molecule has 0 aromatic carbocycles. The third kappa shape index (κ3) is 3.64. The number of nitrogens with one attached hydrogen (secondary N) is 1. The second-order valence-corrected chi connectivity index (χ2v) is 3.70. The fourth-order valence-corrected chi connectivity index (χ4v) is 1.55. The van der Waals surface area contributed by atoms with Gasteiger partial charge in [0.1, 0.15) is 11.9 Å². The molecule has 0 aliphatic heterocycles. The van der Waals surface area contributed by atoms with Crippen LogP contribution in [0.25, 0.3) is 0 Å². The fourth-order valence-electron chi connectivity index (χ4n) is 1.55. The molecule has 2 N–H and O–H groups in total. The first kappa shape index (κ1) is 12.2. The van der Waals surface area contributed by atoms with Gasteiger partial charge in [-0.2, -0.15) is 0 Å². The maximum atomic E-state index is 9.90. The Kier molecular flexibility index (Phi) is 5.36. The van der Waals surface area contributed by atoms with Gasteiger partial charge in [-0.05, 0) is 19.4 Å². The highest BCUT2D eigenvalue weighted by Gasteiger charge is 2.12. The summed E-state index contributed by atoms with van der Waals surface area (Å²) in [7, 11) is 0. The summed E-state index contributed by atoms with van der Waals surface area (Å²) in [6.45, 7) is 6.66. The largest absolute Gasteiger partial charge is 0.384 e. The van der Waals surface area contributed by atoms with Crippen molar-refractivity contribution in [1.82, 2.24) is 14.9 Å². The predicted molar refractivity (Wildman–Crippen MR) is 60.6 cm³/mol. The van der Waals surface area contributed by atoms with Crippen molar-refractivity contribution in [3.8, 4) is 0 Å².